The fourth-order valence-corrected chi connectivity index (χ4v) is 2.78. The molecule has 2 aromatic rings. The standard InChI is InChI=1S/C16H24N6O/c1-2-23-15-4-5-18-16(19-15)22-8-3-7-20(12-13-22)10-11-21-9-6-17-14-21/h4-6,9,14H,2-3,7-8,10-13H2,1H3. The van der Waals surface area contributed by atoms with Crippen molar-refractivity contribution in [3.05, 3.63) is 31.0 Å². The molecular formula is C16H24N6O. The van der Waals surface area contributed by atoms with E-state index in [0.29, 0.717) is 12.5 Å². The van der Waals surface area contributed by atoms with Gasteiger partial charge < -0.3 is 14.2 Å². The van der Waals surface area contributed by atoms with Gasteiger partial charge in [0.1, 0.15) is 0 Å². The Hall–Kier alpha value is -2.15. The summed E-state index contributed by atoms with van der Waals surface area (Å²) in [7, 11) is 0. The average Bonchev–Trinajstić information content (AvgIpc) is 2.98. The molecule has 23 heavy (non-hydrogen) atoms. The van der Waals surface area contributed by atoms with Gasteiger partial charge in [-0.1, -0.05) is 0 Å². The summed E-state index contributed by atoms with van der Waals surface area (Å²) in [4.78, 5) is 17.7. The first-order valence-electron chi connectivity index (χ1n) is 8.24. The smallest absolute Gasteiger partial charge is 0.228 e. The van der Waals surface area contributed by atoms with Crippen molar-refractivity contribution in [1.82, 2.24) is 24.4 Å². The van der Waals surface area contributed by atoms with Gasteiger partial charge in [-0.2, -0.15) is 4.98 Å². The van der Waals surface area contributed by atoms with Crippen LogP contribution < -0.4 is 9.64 Å². The van der Waals surface area contributed by atoms with Crippen molar-refractivity contribution in [3.63, 3.8) is 0 Å². The molecule has 7 heteroatoms. The highest BCUT2D eigenvalue weighted by atomic mass is 16.5. The molecule has 0 unspecified atom stereocenters. The molecule has 3 rings (SSSR count). The van der Waals surface area contributed by atoms with E-state index in [9.17, 15) is 0 Å². The van der Waals surface area contributed by atoms with E-state index >= 15 is 0 Å². The molecule has 7 nitrogen and oxygen atoms in total. The second kappa shape index (κ2) is 7.92. The normalized spacial score (nSPS) is 16.3. The predicted octanol–water partition coefficient (Wildman–Crippen LogP) is 1.28. The highest BCUT2D eigenvalue weighted by Crippen LogP contribution is 2.15. The molecule has 1 aliphatic heterocycles. The Bertz CT molecular complexity index is 588. The molecule has 0 atom stereocenters. The Morgan fingerprint density at radius 3 is 2.91 bits per heavy atom. The van der Waals surface area contributed by atoms with Crippen LogP contribution in [0.3, 0.4) is 0 Å². The van der Waals surface area contributed by atoms with Gasteiger partial charge in [0.25, 0.3) is 0 Å². The lowest BCUT2D eigenvalue weighted by atomic mass is 10.4. The second-order valence-corrected chi connectivity index (χ2v) is 5.61. The Labute approximate surface area is 136 Å². The molecule has 3 heterocycles. The van der Waals surface area contributed by atoms with E-state index in [2.05, 4.69) is 29.3 Å². The van der Waals surface area contributed by atoms with Crippen LogP contribution >= 0.6 is 0 Å². The summed E-state index contributed by atoms with van der Waals surface area (Å²) in [6.07, 6.45) is 8.60. The highest BCUT2D eigenvalue weighted by molar-refractivity contribution is 5.32. The van der Waals surface area contributed by atoms with Crippen LogP contribution in [-0.4, -0.2) is 63.7 Å². The molecule has 0 aromatic carbocycles. The molecule has 0 radical (unpaired) electrons. The van der Waals surface area contributed by atoms with Crippen LogP contribution in [0, 0.1) is 0 Å². The monoisotopic (exact) mass is 316 g/mol. The van der Waals surface area contributed by atoms with Gasteiger partial charge >= 0.3 is 0 Å². The molecule has 1 aliphatic rings. The average molecular weight is 316 g/mol. The van der Waals surface area contributed by atoms with Gasteiger partial charge in [-0.25, -0.2) is 9.97 Å². The zero-order valence-electron chi connectivity index (χ0n) is 13.6. The molecule has 0 amide bonds. The Morgan fingerprint density at radius 1 is 1.13 bits per heavy atom. The molecule has 1 fully saturated rings. The first-order valence-corrected chi connectivity index (χ1v) is 8.24. The van der Waals surface area contributed by atoms with Crippen LogP contribution in [0.1, 0.15) is 13.3 Å². The number of aromatic nitrogens is 4. The summed E-state index contributed by atoms with van der Waals surface area (Å²) < 4.78 is 7.60. The van der Waals surface area contributed by atoms with Gasteiger partial charge in [0.15, 0.2) is 0 Å². The third kappa shape index (κ3) is 4.41. The SMILES string of the molecule is CCOc1ccnc(N2CCCN(CCn3ccnc3)CC2)n1. The Kier molecular flexibility index (Phi) is 5.42. The number of hydrogen-bond acceptors (Lipinski definition) is 6. The fourth-order valence-electron chi connectivity index (χ4n) is 2.78. The number of anilines is 1. The minimum absolute atomic E-state index is 0.623. The molecule has 124 valence electrons. The maximum absolute atomic E-state index is 5.47. The lowest BCUT2D eigenvalue weighted by molar-refractivity contribution is 0.281. The van der Waals surface area contributed by atoms with E-state index in [1.165, 1.54) is 0 Å². The Morgan fingerprint density at radius 2 is 2.09 bits per heavy atom. The molecule has 0 spiro atoms. The minimum Gasteiger partial charge on any atom is -0.478 e. The summed E-state index contributed by atoms with van der Waals surface area (Å²) in [5, 5.41) is 0. The third-order valence-corrected chi connectivity index (χ3v) is 4.01. The largest absolute Gasteiger partial charge is 0.478 e. The van der Waals surface area contributed by atoms with Gasteiger partial charge in [-0.05, 0) is 19.9 Å². The second-order valence-electron chi connectivity index (χ2n) is 5.61. The quantitative estimate of drug-likeness (QED) is 0.800. The molecular weight excluding hydrogens is 292 g/mol. The summed E-state index contributed by atoms with van der Waals surface area (Å²) >= 11 is 0. The maximum atomic E-state index is 5.47. The van der Waals surface area contributed by atoms with Crippen LogP contribution in [0.4, 0.5) is 5.95 Å². The topological polar surface area (TPSA) is 59.3 Å². The van der Waals surface area contributed by atoms with Crippen molar-refractivity contribution in [3.8, 4) is 5.88 Å². The van der Waals surface area contributed by atoms with E-state index in [4.69, 9.17) is 4.74 Å². The minimum atomic E-state index is 0.623. The van der Waals surface area contributed by atoms with Crippen LogP contribution in [0.5, 0.6) is 5.88 Å². The maximum Gasteiger partial charge on any atom is 0.228 e. The van der Waals surface area contributed by atoms with E-state index in [1.54, 1.807) is 6.20 Å². The Balaban J connectivity index is 1.54. The summed E-state index contributed by atoms with van der Waals surface area (Å²) in [5.41, 5.74) is 0. The van der Waals surface area contributed by atoms with E-state index in [-0.39, 0.29) is 0 Å². The molecule has 0 saturated carbocycles. The summed E-state index contributed by atoms with van der Waals surface area (Å²) in [6.45, 7) is 8.68. The number of nitrogens with zero attached hydrogens (tertiary/aromatic N) is 6. The van der Waals surface area contributed by atoms with Gasteiger partial charge in [0, 0.05) is 57.4 Å². The third-order valence-electron chi connectivity index (χ3n) is 4.01. The summed E-state index contributed by atoms with van der Waals surface area (Å²) in [6, 6.07) is 1.81. The fraction of sp³-hybridized carbons (Fsp3) is 0.562. The zero-order valence-corrected chi connectivity index (χ0v) is 13.6. The van der Waals surface area contributed by atoms with Crippen molar-refractivity contribution < 1.29 is 4.74 Å². The van der Waals surface area contributed by atoms with E-state index in [1.807, 2.05) is 31.7 Å². The van der Waals surface area contributed by atoms with E-state index in [0.717, 1.165) is 51.6 Å². The van der Waals surface area contributed by atoms with Crippen molar-refractivity contribution in [2.45, 2.75) is 19.9 Å². The first-order chi connectivity index (χ1) is 11.3. The number of ether oxygens (including phenoxy) is 1. The van der Waals surface area contributed by atoms with Crippen LogP contribution in [0.2, 0.25) is 0 Å². The van der Waals surface area contributed by atoms with Gasteiger partial charge in [-0.15, -0.1) is 0 Å². The molecule has 1 saturated heterocycles. The van der Waals surface area contributed by atoms with Crippen LogP contribution in [0.25, 0.3) is 0 Å². The van der Waals surface area contributed by atoms with Crippen molar-refractivity contribution >= 4 is 5.95 Å². The number of imidazole rings is 1. The van der Waals surface area contributed by atoms with Crippen molar-refractivity contribution in [2.24, 2.45) is 0 Å². The molecule has 2 aromatic heterocycles. The molecule has 0 aliphatic carbocycles. The van der Waals surface area contributed by atoms with Crippen molar-refractivity contribution in [2.75, 3.05) is 44.2 Å². The predicted molar refractivity (Wildman–Crippen MR) is 88.7 cm³/mol. The first kappa shape index (κ1) is 15.7. The molecule has 0 bridgehead atoms. The zero-order chi connectivity index (χ0) is 15.9. The highest BCUT2D eigenvalue weighted by Gasteiger charge is 2.17. The lowest BCUT2D eigenvalue weighted by Gasteiger charge is -2.22. The lowest BCUT2D eigenvalue weighted by Crippen LogP contribution is -2.33. The molecule has 0 N–H and O–H groups in total. The van der Waals surface area contributed by atoms with Crippen LogP contribution in [-0.2, 0) is 6.54 Å². The van der Waals surface area contributed by atoms with Gasteiger partial charge in [0.05, 0.1) is 12.9 Å². The van der Waals surface area contributed by atoms with Gasteiger partial charge in [-0.3, -0.25) is 4.90 Å². The summed E-state index contributed by atoms with van der Waals surface area (Å²) in [5.74, 6) is 1.42. The van der Waals surface area contributed by atoms with Crippen molar-refractivity contribution in [1.29, 1.82) is 0 Å². The van der Waals surface area contributed by atoms with Crippen LogP contribution in [0.15, 0.2) is 31.0 Å². The van der Waals surface area contributed by atoms with E-state index < -0.39 is 0 Å². The van der Waals surface area contributed by atoms with Gasteiger partial charge in [0.2, 0.25) is 11.8 Å². The number of hydrogen-bond donors (Lipinski definition) is 0. The number of rotatable bonds is 6.